The van der Waals surface area contributed by atoms with Crippen LogP contribution < -0.4 is 9.46 Å². The lowest BCUT2D eigenvalue weighted by Crippen LogP contribution is -2.31. The van der Waals surface area contributed by atoms with E-state index in [1.165, 1.54) is 13.2 Å². The van der Waals surface area contributed by atoms with Crippen LogP contribution in [-0.4, -0.2) is 21.4 Å². The van der Waals surface area contributed by atoms with Crippen molar-refractivity contribution in [3.05, 3.63) is 59.7 Å². The van der Waals surface area contributed by atoms with Gasteiger partial charge in [0.05, 0.1) is 17.6 Å². The van der Waals surface area contributed by atoms with Gasteiger partial charge in [-0.25, -0.2) is 21.9 Å². The van der Waals surface area contributed by atoms with Crippen molar-refractivity contribution >= 4 is 15.9 Å². The van der Waals surface area contributed by atoms with Crippen molar-refractivity contribution in [2.45, 2.75) is 4.90 Å². The van der Waals surface area contributed by atoms with Gasteiger partial charge in [0.2, 0.25) is 0 Å². The zero-order valence-electron chi connectivity index (χ0n) is 11.3. The Morgan fingerprint density at radius 2 is 1.64 bits per heavy atom. The molecule has 2 aromatic rings. The number of hydrogen-bond donors (Lipinski definition) is 1. The van der Waals surface area contributed by atoms with Crippen LogP contribution in [0.5, 0.6) is 5.75 Å². The van der Waals surface area contributed by atoms with Crippen LogP contribution in [0.25, 0.3) is 0 Å². The summed E-state index contributed by atoms with van der Waals surface area (Å²) in [4.78, 5) is 11.7. The molecule has 22 heavy (non-hydrogen) atoms. The van der Waals surface area contributed by atoms with Crippen LogP contribution in [0.3, 0.4) is 0 Å². The number of nitrogens with one attached hydrogen (secondary N) is 1. The Kier molecular flexibility index (Phi) is 4.41. The maximum absolute atomic E-state index is 13.2. The van der Waals surface area contributed by atoms with Crippen molar-refractivity contribution in [2.24, 2.45) is 0 Å². The average Bonchev–Trinajstić information content (AvgIpc) is 2.47. The Morgan fingerprint density at radius 1 is 1.05 bits per heavy atom. The SMILES string of the molecule is COc1ccc(F)cc1C(=O)NS(=O)(=O)c1ccc(F)cc1. The van der Waals surface area contributed by atoms with E-state index in [-0.39, 0.29) is 16.2 Å². The first-order chi connectivity index (χ1) is 10.3. The lowest BCUT2D eigenvalue weighted by atomic mass is 10.2. The third kappa shape index (κ3) is 3.40. The minimum atomic E-state index is -4.21. The summed E-state index contributed by atoms with van der Waals surface area (Å²) in [5, 5.41) is 0. The molecule has 0 aliphatic carbocycles. The predicted molar refractivity (Wildman–Crippen MR) is 74.0 cm³/mol. The molecule has 1 amide bonds. The Morgan fingerprint density at radius 3 is 2.23 bits per heavy atom. The highest BCUT2D eigenvalue weighted by Crippen LogP contribution is 2.20. The van der Waals surface area contributed by atoms with Crippen LogP contribution in [-0.2, 0) is 10.0 Å². The van der Waals surface area contributed by atoms with Gasteiger partial charge in [0, 0.05) is 0 Å². The van der Waals surface area contributed by atoms with Gasteiger partial charge in [0.1, 0.15) is 17.4 Å². The van der Waals surface area contributed by atoms with Crippen LogP contribution in [0.15, 0.2) is 47.4 Å². The average molecular weight is 327 g/mol. The number of methoxy groups -OCH3 is 1. The van der Waals surface area contributed by atoms with Crippen LogP contribution in [0.4, 0.5) is 8.78 Å². The van der Waals surface area contributed by atoms with Crippen molar-refractivity contribution in [1.29, 1.82) is 0 Å². The van der Waals surface area contributed by atoms with Crippen LogP contribution >= 0.6 is 0 Å². The number of halogens is 2. The predicted octanol–water partition coefficient (Wildman–Crippen LogP) is 2.09. The van der Waals surface area contributed by atoms with E-state index in [2.05, 4.69) is 0 Å². The molecule has 2 rings (SSSR count). The number of carbonyl (C=O) groups is 1. The van der Waals surface area contributed by atoms with Crippen molar-refractivity contribution in [1.82, 2.24) is 4.72 Å². The Labute approximate surface area is 125 Å². The molecule has 0 fully saturated rings. The van der Waals surface area contributed by atoms with Gasteiger partial charge in [-0.15, -0.1) is 0 Å². The molecule has 1 N–H and O–H groups in total. The molecular formula is C14H11F2NO4S. The summed E-state index contributed by atoms with van der Waals surface area (Å²) in [7, 11) is -2.94. The first-order valence-corrected chi connectivity index (χ1v) is 7.48. The second-order valence-corrected chi connectivity index (χ2v) is 5.92. The van der Waals surface area contributed by atoms with Gasteiger partial charge in [-0.05, 0) is 42.5 Å². The summed E-state index contributed by atoms with van der Waals surface area (Å²) in [5.41, 5.74) is -0.270. The van der Waals surface area contributed by atoms with Crippen LogP contribution in [0.2, 0.25) is 0 Å². The first-order valence-electron chi connectivity index (χ1n) is 6.00. The van der Waals surface area contributed by atoms with Gasteiger partial charge >= 0.3 is 0 Å². The lowest BCUT2D eigenvalue weighted by Gasteiger charge is -2.10. The quantitative estimate of drug-likeness (QED) is 0.933. The second-order valence-electron chi connectivity index (χ2n) is 4.23. The summed E-state index contributed by atoms with van der Waals surface area (Å²) in [6.45, 7) is 0. The normalized spacial score (nSPS) is 11.0. The Balaban J connectivity index is 2.32. The molecular weight excluding hydrogens is 316 g/mol. The van der Waals surface area contributed by atoms with E-state index in [1.807, 2.05) is 0 Å². The number of benzene rings is 2. The summed E-state index contributed by atoms with van der Waals surface area (Å²) >= 11 is 0. The minimum Gasteiger partial charge on any atom is -0.496 e. The molecule has 0 heterocycles. The van der Waals surface area contributed by atoms with Crippen molar-refractivity contribution in [3.63, 3.8) is 0 Å². The molecule has 116 valence electrons. The van der Waals surface area contributed by atoms with E-state index < -0.39 is 27.6 Å². The standard InChI is InChI=1S/C14H11F2NO4S/c1-21-13-7-4-10(16)8-12(13)14(18)17-22(19,20)11-5-2-9(15)3-6-11/h2-8H,1H3,(H,17,18). The summed E-state index contributed by atoms with van der Waals surface area (Å²) in [5.74, 6) is -2.36. The van der Waals surface area contributed by atoms with E-state index in [9.17, 15) is 22.0 Å². The molecule has 8 heteroatoms. The fourth-order valence-corrected chi connectivity index (χ4v) is 2.67. The molecule has 0 aliphatic heterocycles. The molecule has 0 bridgehead atoms. The highest BCUT2D eigenvalue weighted by Gasteiger charge is 2.21. The van der Waals surface area contributed by atoms with Gasteiger partial charge in [0.15, 0.2) is 0 Å². The zero-order chi connectivity index (χ0) is 16.3. The van der Waals surface area contributed by atoms with Gasteiger partial charge in [0.25, 0.3) is 15.9 Å². The number of amides is 1. The highest BCUT2D eigenvalue weighted by atomic mass is 32.2. The van der Waals surface area contributed by atoms with Gasteiger partial charge in [-0.3, -0.25) is 4.79 Å². The second kappa shape index (κ2) is 6.10. The van der Waals surface area contributed by atoms with E-state index in [4.69, 9.17) is 4.74 Å². The summed E-state index contributed by atoms with van der Waals surface area (Å²) in [6.07, 6.45) is 0. The maximum Gasteiger partial charge on any atom is 0.268 e. The number of sulfonamides is 1. The number of ether oxygens (including phenoxy) is 1. The minimum absolute atomic E-state index is 0.0215. The molecule has 0 aromatic heterocycles. The molecule has 0 radical (unpaired) electrons. The molecule has 0 unspecified atom stereocenters. The lowest BCUT2D eigenvalue weighted by molar-refractivity contribution is 0.0978. The van der Waals surface area contributed by atoms with E-state index in [0.717, 1.165) is 36.4 Å². The molecule has 2 aromatic carbocycles. The molecule has 0 spiro atoms. The Bertz CT molecular complexity index is 804. The summed E-state index contributed by atoms with van der Waals surface area (Å²) in [6, 6.07) is 7.04. The molecule has 0 atom stereocenters. The molecule has 0 saturated carbocycles. The maximum atomic E-state index is 13.2. The molecule has 5 nitrogen and oxygen atoms in total. The largest absolute Gasteiger partial charge is 0.496 e. The monoisotopic (exact) mass is 327 g/mol. The number of rotatable bonds is 4. The van der Waals surface area contributed by atoms with Crippen molar-refractivity contribution in [2.75, 3.05) is 7.11 Å². The number of hydrogen-bond acceptors (Lipinski definition) is 4. The van der Waals surface area contributed by atoms with Crippen molar-refractivity contribution in [3.8, 4) is 5.75 Å². The fourth-order valence-electron chi connectivity index (χ4n) is 1.71. The highest BCUT2D eigenvalue weighted by molar-refractivity contribution is 7.90. The third-order valence-electron chi connectivity index (χ3n) is 2.76. The number of carbonyl (C=O) groups excluding carboxylic acids is 1. The molecule has 0 aliphatic rings. The molecule has 0 saturated heterocycles. The van der Waals surface area contributed by atoms with Gasteiger partial charge in [-0.2, -0.15) is 0 Å². The smallest absolute Gasteiger partial charge is 0.268 e. The van der Waals surface area contributed by atoms with Crippen LogP contribution in [0.1, 0.15) is 10.4 Å². The zero-order valence-corrected chi connectivity index (χ0v) is 12.2. The topological polar surface area (TPSA) is 72.5 Å². The summed E-state index contributed by atoms with van der Waals surface area (Å²) < 4.78 is 56.7. The Hall–Kier alpha value is -2.48. The fraction of sp³-hybridized carbons (Fsp3) is 0.0714. The van der Waals surface area contributed by atoms with Crippen LogP contribution in [0, 0.1) is 11.6 Å². The van der Waals surface area contributed by atoms with E-state index in [0.29, 0.717) is 0 Å². The first kappa shape index (κ1) is 15.9. The van der Waals surface area contributed by atoms with E-state index >= 15 is 0 Å². The third-order valence-corrected chi connectivity index (χ3v) is 4.10. The van der Waals surface area contributed by atoms with E-state index in [1.54, 1.807) is 4.72 Å². The van der Waals surface area contributed by atoms with Gasteiger partial charge < -0.3 is 4.74 Å². The van der Waals surface area contributed by atoms with Gasteiger partial charge in [-0.1, -0.05) is 0 Å². The van der Waals surface area contributed by atoms with Crippen molar-refractivity contribution < 1.29 is 26.7 Å².